The Labute approximate surface area is 141 Å². The summed E-state index contributed by atoms with van der Waals surface area (Å²) in [6.45, 7) is 2.79. The number of piperazine rings is 1. The van der Waals surface area contributed by atoms with Crippen LogP contribution in [0.1, 0.15) is 12.8 Å². The summed E-state index contributed by atoms with van der Waals surface area (Å²) in [6.07, 6.45) is 0.350. The fraction of sp³-hybridized carbons (Fsp3) is 0.389. The molecule has 126 valence electrons. The zero-order valence-electron chi connectivity index (χ0n) is 13.8. The predicted octanol–water partition coefficient (Wildman–Crippen LogP) is 1.84. The van der Waals surface area contributed by atoms with Gasteiger partial charge in [-0.2, -0.15) is 0 Å². The van der Waals surface area contributed by atoms with E-state index in [1.807, 2.05) is 30.3 Å². The van der Waals surface area contributed by atoms with E-state index in [2.05, 4.69) is 15.7 Å². The van der Waals surface area contributed by atoms with Gasteiger partial charge in [-0.25, -0.2) is 4.98 Å². The Morgan fingerprint density at radius 2 is 1.79 bits per heavy atom. The molecule has 0 aliphatic carbocycles. The second-order valence-corrected chi connectivity index (χ2v) is 5.81. The molecule has 6 heteroatoms. The van der Waals surface area contributed by atoms with Crippen LogP contribution in [0.4, 0.5) is 5.82 Å². The van der Waals surface area contributed by atoms with Gasteiger partial charge < -0.3 is 14.5 Å². The smallest absolute Gasteiger partial charge is 0.306 e. The number of fused-ring (bicyclic) bond motifs is 1. The summed E-state index contributed by atoms with van der Waals surface area (Å²) in [5.41, 5.74) is 0.978. The van der Waals surface area contributed by atoms with E-state index in [1.54, 1.807) is 4.90 Å². The number of anilines is 1. The largest absolute Gasteiger partial charge is 0.469 e. The van der Waals surface area contributed by atoms with Crippen molar-refractivity contribution < 1.29 is 14.3 Å². The first-order valence-electron chi connectivity index (χ1n) is 8.13. The van der Waals surface area contributed by atoms with Gasteiger partial charge in [0.25, 0.3) is 0 Å². The summed E-state index contributed by atoms with van der Waals surface area (Å²) in [6, 6.07) is 12.1. The van der Waals surface area contributed by atoms with Crippen LogP contribution in [0.2, 0.25) is 0 Å². The van der Waals surface area contributed by atoms with Gasteiger partial charge in [0.2, 0.25) is 5.91 Å². The maximum absolute atomic E-state index is 12.1. The Kier molecular flexibility index (Phi) is 4.93. The van der Waals surface area contributed by atoms with Gasteiger partial charge >= 0.3 is 5.97 Å². The zero-order valence-corrected chi connectivity index (χ0v) is 13.8. The molecular weight excluding hydrogens is 306 g/mol. The second-order valence-electron chi connectivity index (χ2n) is 5.81. The molecule has 0 saturated carbocycles. The number of pyridine rings is 1. The van der Waals surface area contributed by atoms with Crippen molar-refractivity contribution in [1.82, 2.24) is 9.88 Å². The fourth-order valence-electron chi connectivity index (χ4n) is 2.89. The van der Waals surface area contributed by atoms with Crippen LogP contribution in [-0.4, -0.2) is 55.0 Å². The summed E-state index contributed by atoms with van der Waals surface area (Å²) in [5, 5.41) is 1.12. The van der Waals surface area contributed by atoms with Crippen LogP contribution in [0.25, 0.3) is 10.9 Å². The molecule has 0 atom stereocenters. The number of methoxy groups -OCH3 is 1. The number of nitrogens with zero attached hydrogens (tertiary/aromatic N) is 3. The number of aromatic nitrogens is 1. The van der Waals surface area contributed by atoms with E-state index in [-0.39, 0.29) is 24.7 Å². The van der Waals surface area contributed by atoms with E-state index in [1.165, 1.54) is 7.11 Å². The Balaban J connectivity index is 1.57. The van der Waals surface area contributed by atoms with E-state index >= 15 is 0 Å². The molecule has 2 aromatic rings. The molecular formula is C18H21N3O3. The molecule has 1 amide bonds. The molecule has 0 radical (unpaired) electrons. The van der Waals surface area contributed by atoms with Gasteiger partial charge in [0.1, 0.15) is 5.82 Å². The molecule has 6 nitrogen and oxygen atoms in total. The molecule has 3 rings (SSSR count). The van der Waals surface area contributed by atoms with E-state index in [4.69, 9.17) is 4.98 Å². The number of carbonyl (C=O) groups excluding carboxylic acids is 2. The first-order chi connectivity index (χ1) is 11.7. The van der Waals surface area contributed by atoms with Gasteiger partial charge in [-0.15, -0.1) is 0 Å². The SMILES string of the molecule is COC(=O)CCC(=O)N1CCN(c2ccc3ccccc3n2)CC1. The van der Waals surface area contributed by atoms with Crippen LogP contribution in [-0.2, 0) is 14.3 Å². The van der Waals surface area contributed by atoms with Crippen LogP contribution in [0.15, 0.2) is 36.4 Å². The van der Waals surface area contributed by atoms with Crippen molar-refractivity contribution in [1.29, 1.82) is 0 Å². The number of rotatable bonds is 4. The Morgan fingerprint density at radius 1 is 1.04 bits per heavy atom. The monoisotopic (exact) mass is 327 g/mol. The van der Waals surface area contributed by atoms with Gasteiger partial charge in [0, 0.05) is 38.0 Å². The van der Waals surface area contributed by atoms with Crippen LogP contribution in [0, 0.1) is 0 Å². The van der Waals surface area contributed by atoms with Gasteiger partial charge in [-0.3, -0.25) is 9.59 Å². The van der Waals surface area contributed by atoms with Crippen LogP contribution < -0.4 is 4.90 Å². The average molecular weight is 327 g/mol. The minimum atomic E-state index is -0.345. The number of benzene rings is 1. The van der Waals surface area contributed by atoms with Gasteiger partial charge in [-0.1, -0.05) is 18.2 Å². The summed E-state index contributed by atoms with van der Waals surface area (Å²) >= 11 is 0. The normalized spacial score (nSPS) is 14.7. The molecule has 0 unspecified atom stereocenters. The molecule has 1 aliphatic heterocycles. The van der Waals surface area contributed by atoms with Crippen molar-refractivity contribution in [3.63, 3.8) is 0 Å². The molecule has 0 spiro atoms. The molecule has 1 aliphatic rings. The minimum absolute atomic E-state index is 0.00604. The first-order valence-corrected chi connectivity index (χ1v) is 8.13. The highest BCUT2D eigenvalue weighted by Gasteiger charge is 2.22. The van der Waals surface area contributed by atoms with Gasteiger partial charge in [0.15, 0.2) is 0 Å². The first kappa shape index (κ1) is 16.2. The number of hydrogen-bond acceptors (Lipinski definition) is 5. The van der Waals surface area contributed by atoms with Crippen molar-refractivity contribution in [3.05, 3.63) is 36.4 Å². The standard InChI is InChI=1S/C18H21N3O3/c1-24-18(23)9-8-17(22)21-12-10-20(11-13-21)16-7-6-14-4-2-3-5-15(14)19-16/h2-7H,8-13H2,1H3. The number of amides is 1. The van der Waals surface area contributed by atoms with Crippen LogP contribution in [0.5, 0.6) is 0 Å². The molecule has 1 saturated heterocycles. The molecule has 0 N–H and O–H groups in total. The summed E-state index contributed by atoms with van der Waals surface area (Å²) in [7, 11) is 1.34. The van der Waals surface area contributed by atoms with E-state index in [9.17, 15) is 9.59 Å². The fourth-order valence-corrected chi connectivity index (χ4v) is 2.89. The third-order valence-electron chi connectivity index (χ3n) is 4.31. The second kappa shape index (κ2) is 7.29. The molecule has 1 fully saturated rings. The van der Waals surface area contributed by atoms with E-state index in [0.717, 1.165) is 29.8 Å². The molecule has 0 bridgehead atoms. The van der Waals surface area contributed by atoms with Crippen molar-refractivity contribution in [2.24, 2.45) is 0 Å². The number of para-hydroxylation sites is 1. The summed E-state index contributed by atoms with van der Waals surface area (Å²) < 4.78 is 4.57. The van der Waals surface area contributed by atoms with E-state index < -0.39 is 0 Å². The highest BCUT2D eigenvalue weighted by molar-refractivity contribution is 5.82. The van der Waals surface area contributed by atoms with Crippen LogP contribution in [0.3, 0.4) is 0 Å². The third-order valence-corrected chi connectivity index (χ3v) is 4.31. The van der Waals surface area contributed by atoms with Crippen molar-refractivity contribution in [2.45, 2.75) is 12.8 Å². The Morgan fingerprint density at radius 3 is 2.54 bits per heavy atom. The van der Waals surface area contributed by atoms with Crippen molar-refractivity contribution in [2.75, 3.05) is 38.2 Å². The molecule has 2 heterocycles. The van der Waals surface area contributed by atoms with E-state index in [0.29, 0.717) is 13.1 Å². The lowest BCUT2D eigenvalue weighted by molar-refractivity contribution is -0.143. The minimum Gasteiger partial charge on any atom is -0.469 e. The van der Waals surface area contributed by atoms with Crippen LogP contribution >= 0.6 is 0 Å². The summed E-state index contributed by atoms with van der Waals surface area (Å²) in [5.74, 6) is 0.601. The zero-order chi connectivity index (χ0) is 16.9. The lowest BCUT2D eigenvalue weighted by Crippen LogP contribution is -2.49. The van der Waals surface area contributed by atoms with Crippen molar-refractivity contribution >= 4 is 28.6 Å². The maximum atomic E-state index is 12.1. The third kappa shape index (κ3) is 3.64. The number of hydrogen-bond donors (Lipinski definition) is 0. The quantitative estimate of drug-likeness (QED) is 0.802. The number of carbonyl (C=O) groups is 2. The van der Waals surface area contributed by atoms with Gasteiger partial charge in [-0.05, 0) is 18.2 Å². The van der Waals surface area contributed by atoms with Crippen molar-refractivity contribution in [3.8, 4) is 0 Å². The molecule has 1 aromatic carbocycles. The Bertz CT molecular complexity index is 739. The number of ether oxygens (including phenoxy) is 1. The molecule has 24 heavy (non-hydrogen) atoms. The Hall–Kier alpha value is -2.63. The predicted molar refractivity (Wildman–Crippen MR) is 91.8 cm³/mol. The highest BCUT2D eigenvalue weighted by Crippen LogP contribution is 2.19. The maximum Gasteiger partial charge on any atom is 0.306 e. The number of esters is 1. The lowest BCUT2D eigenvalue weighted by atomic mass is 10.2. The molecule has 1 aromatic heterocycles. The topological polar surface area (TPSA) is 62.7 Å². The van der Waals surface area contributed by atoms with Gasteiger partial charge in [0.05, 0.1) is 19.0 Å². The summed E-state index contributed by atoms with van der Waals surface area (Å²) in [4.78, 5) is 32.0. The highest BCUT2D eigenvalue weighted by atomic mass is 16.5. The average Bonchev–Trinajstić information content (AvgIpc) is 2.65. The lowest BCUT2D eigenvalue weighted by Gasteiger charge is -2.35.